The maximum atomic E-state index is 9.32. The molecule has 0 radical (unpaired) electrons. The summed E-state index contributed by atoms with van der Waals surface area (Å²) in [5, 5.41) is 9.32. The number of aliphatic hydroxyl groups is 1. The third-order valence-electron chi connectivity index (χ3n) is 3.32. The molecule has 15 heavy (non-hydrogen) atoms. The van der Waals surface area contributed by atoms with Gasteiger partial charge in [-0.2, -0.15) is 0 Å². The largest absolute Gasteiger partial charge is 0.389 e. The van der Waals surface area contributed by atoms with Gasteiger partial charge in [0.25, 0.3) is 0 Å². The van der Waals surface area contributed by atoms with Crippen LogP contribution >= 0.6 is 0 Å². The second-order valence-electron chi connectivity index (χ2n) is 4.62. The highest BCUT2D eigenvalue weighted by atomic mass is 16.3. The van der Waals surface area contributed by atoms with Gasteiger partial charge in [0.05, 0.1) is 6.10 Å². The van der Waals surface area contributed by atoms with E-state index in [9.17, 15) is 5.11 Å². The zero-order chi connectivity index (χ0) is 10.5. The molecule has 3 atom stereocenters. The van der Waals surface area contributed by atoms with Crippen LogP contribution < -0.4 is 0 Å². The van der Waals surface area contributed by atoms with Gasteiger partial charge in [-0.1, -0.05) is 36.5 Å². The molecule has 2 aliphatic rings. The third kappa shape index (κ3) is 3.35. The fourth-order valence-corrected chi connectivity index (χ4v) is 2.28. The Morgan fingerprint density at radius 3 is 2.60 bits per heavy atom. The molecule has 0 aromatic rings. The molecule has 1 heteroatoms. The lowest BCUT2D eigenvalue weighted by Gasteiger charge is -2.18. The highest BCUT2D eigenvalue weighted by Crippen LogP contribution is 2.23. The van der Waals surface area contributed by atoms with E-state index in [2.05, 4.69) is 30.4 Å². The Bertz CT molecular complexity index is 275. The molecule has 0 aromatic carbocycles. The molecule has 0 bridgehead atoms. The van der Waals surface area contributed by atoms with Crippen LogP contribution in [0.4, 0.5) is 0 Å². The van der Waals surface area contributed by atoms with Crippen LogP contribution in [0.15, 0.2) is 36.5 Å². The van der Waals surface area contributed by atoms with E-state index in [-0.39, 0.29) is 6.10 Å². The van der Waals surface area contributed by atoms with Gasteiger partial charge < -0.3 is 5.11 Å². The summed E-state index contributed by atoms with van der Waals surface area (Å²) in [5.74, 6) is 1.30. The van der Waals surface area contributed by atoms with Gasteiger partial charge in [-0.25, -0.2) is 0 Å². The predicted octanol–water partition coefficient (Wildman–Crippen LogP) is 3.23. The number of aliphatic hydroxyl groups excluding tert-OH is 1. The van der Waals surface area contributed by atoms with Gasteiger partial charge >= 0.3 is 0 Å². The molecule has 0 aromatic heterocycles. The van der Waals surface area contributed by atoms with E-state index in [1.807, 2.05) is 6.08 Å². The summed E-state index contributed by atoms with van der Waals surface area (Å²) in [7, 11) is 0. The topological polar surface area (TPSA) is 20.2 Å². The zero-order valence-corrected chi connectivity index (χ0v) is 9.18. The van der Waals surface area contributed by atoms with Crippen molar-refractivity contribution in [3.05, 3.63) is 36.5 Å². The Hall–Kier alpha value is -0.820. The second kappa shape index (κ2) is 5.32. The maximum absolute atomic E-state index is 9.32. The van der Waals surface area contributed by atoms with E-state index < -0.39 is 0 Å². The molecule has 0 spiro atoms. The summed E-state index contributed by atoms with van der Waals surface area (Å²) >= 11 is 0. The normalized spacial score (nSPS) is 36.2. The Morgan fingerprint density at radius 2 is 1.93 bits per heavy atom. The Morgan fingerprint density at radius 1 is 1.00 bits per heavy atom. The molecular formula is C14H20O. The van der Waals surface area contributed by atoms with Gasteiger partial charge in [0.1, 0.15) is 0 Å². The quantitative estimate of drug-likeness (QED) is 0.685. The molecule has 0 amide bonds. The first kappa shape index (κ1) is 10.7. The summed E-state index contributed by atoms with van der Waals surface area (Å²) < 4.78 is 0. The molecule has 3 unspecified atom stereocenters. The number of hydrogen-bond donors (Lipinski definition) is 1. The van der Waals surface area contributed by atoms with Gasteiger partial charge in [0, 0.05) is 0 Å². The molecule has 1 N–H and O–H groups in total. The smallest absolute Gasteiger partial charge is 0.0721 e. The Kier molecular flexibility index (Phi) is 3.79. The minimum absolute atomic E-state index is 0.202. The molecule has 0 saturated heterocycles. The summed E-state index contributed by atoms with van der Waals surface area (Å²) in [4.78, 5) is 0. The minimum atomic E-state index is -0.202. The lowest BCUT2D eigenvalue weighted by atomic mass is 9.89. The van der Waals surface area contributed by atoms with Crippen molar-refractivity contribution in [2.24, 2.45) is 11.8 Å². The average molecular weight is 204 g/mol. The summed E-state index contributed by atoms with van der Waals surface area (Å²) in [6.07, 6.45) is 18.9. The SMILES string of the molecule is OC1C=CC(/C=C/C2CC=CCC2)CC1. The highest BCUT2D eigenvalue weighted by molar-refractivity contribution is 5.08. The van der Waals surface area contributed by atoms with Crippen LogP contribution in [0.1, 0.15) is 32.1 Å². The number of rotatable bonds is 2. The monoisotopic (exact) mass is 204 g/mol. The lowest BCUT2D eigenvalue weighted by Crippen LogP contribution is -2.11. The first-order valence-electron chi connectivity index (χ1n) is 6.04. The van der Waals surface area contributed by atoms with Crippen LogP contribution in [0, 0.1) is 11.8 Å². The molecule has 0 saturated carbocycles. The van der Waals surface area contributed by atoms with Crippen molar-refractivity contribution < 1.29 is 5.11 Å². The average Bonchev–Trinajstić information content (AvgIpc) is 2.30. The summed E-state index contributed by atoms with van der Waals surface area (Å²) in [5.41, 5.74) is 0. The minimum Gasteiger partial charge on any atom is -0.389 e. The van der Waals surface area contributed by atoms with Crippen LogP contribution in [0.2, 0.25) is 0 Å². The second-order valence-corrected chi connectivity index (χ2v) is 4.62. The first-order chi connectivity index (χ1) is 7.34. The lowest BCUT2D eigenvalue weighted by molar-refractivity contribution is 0.199. The van der Waals surface area contributed by atoms with E-state index >= 15 is 0 Å². The first-order valence-corrected chi connectivity index (χ1v) is 6.04. The van der Waals surface area contributed by atoms with Crippen LogP contribution in [-0.4, -0.2) is 11.2 Å². The van der Waals surface area contributed by atoms with Crippen LogP contribution in [0.3, 0.4) is 0 Å². The molecule has 82 valence electrons. The van der Waals surface area contributed by atoms with Crippen molar-refractivity contribution >= 4 is 0 Å². The van der Waals surface area contributed by atoms with E-state index in [1.54, 1.807) is 0 Å². The zero-order valence-electron chi connectivity index (χ0n) is 9.18. The number of hydrogen-bond acceptors (Lipinski definition) is 1. The van der Waals surface area contributed by atoms with E-state index in [0.717, 1.165) is 18.8 Å². The Labute approximate surface area is 92.2 Å². The maximum Gasteiger partial charge on any atom is 0.0721 e. The van der Waals surface area contributed by atoms with Gasteiger partial charge in [0.15, 0.2) is 0 Å². The van der Waals surface area contributed by atoms with Crippen LogP contribution in [0.5, 0.6) is 0 Å². The molecule has 1 nitrogen and oxygen atoms in total. The molecule has 2 rings (SSSR count). The number of allylic oxidation sites excluding steroid dienone is 5. The fraction of sp³-hybridized carbons (Fsp3) is 0.571. The van der Waals surface area contributed by atoms with Crippen LogP contribution in [0.25, 0.3) is 0 Å². The fourth-order valence-electron chi connectivity index (χ4n) is 2.28. The van der Waals surface area contributed by atoms with Crippen molar-refractivity contribution in [1.29, 1.82) is 0 Å². The van der Waals surface area contributed by atoms with Crippen molar-refractivity contribution in [2.75, 3.05) is 0 Å². The van der Waals surface area contributed by atoms with Crippen LogP contribution in [-0.2, 0) is 0 Å². The Balaban J connectivity index is 1.83. The standard InChI is InChI=1S/C14H20O/c15-14-10-8-13(9-11-14)7-6-12-4-2-1-3-5-12/h1-2,6-8,10,12-15H,3-5,9,11H2/b7-6+. The summed E-state index contributed by atoms with van der Waals surface area (Å²) in [6, 6.07) is 0. The van der Waals surface area contributed by atoms with Crippen molar-refractivity contribution in [3.8, 4) is 0 Å². The van der Waals surface area contributed by atoms with E-state index in [0.29, 0.717) is 5.92 Å². The van der Waals surface area contributed by atoms with Crippen molar-refractivity contribution in [1.82, 2.24) is 0 Å². The van der Waals surface area contributed by atoms with Gasteiger partial charge in [0.2, 0.25) is 0 Å². The van der Waals surface area contributed by atoms with Crippen molar-refractivity contribution in [3.63, 3.8) is 0 Å². The highest BCUT2D eigenvalue weighted by Gasteiger charge is 2.12. The van der Waals surface area contributed by atoms with E-state index in [1.165, 1.54) is 19.3 Å². The van der Waals surface area contributed by atoms with E-state index in [4.69, 9.17) is 0 Å². The molecule has 0 heterocycles. The molecular weight excluding hydrogens is 184 g/mol. The predicted molar refractivity (Wildman–Crippen MR) is 63.5 cm³/mol. The molecule has 0 aliphatic heterocycles. The van der Waals surface area contributed by atoms with Gasteiger partial charge in [-0.3, -0.25) is 0 Å². The van der Waals surface area contributed by atoms with Gasteiger partial charge in [-0.05, 0) is 43.9 Å². The van der Waals surface area contributed by atoms with Crippen molar-refractivity contribution in [2.45, 2.75) is 38.2 Å². The molecule has 2 aliphatic carbocycles. The summed E-state index contributed by atoms with van der Waals surface area (Å²) in [6.45, 7) is 0. The third-order valence-corrected chi connectivity index (χ3v) is 3.32. The van der Waals surface area contributed by atoms with Gasteiger partial charge in [-0.15, -0.1) is 0 Å². The molecule has 0 fully saturated rings.